The molecule has 1 aromatic carbocycles. The highest BCUT2D eigenvalue weighted by molar-refractivity contribution is 6.32. The van der Waals surface area contributed by atoms with E-state index in [1.807, 2.05) is 24.3 Å². The second kappa shape index (κ2) is 7.40. The quantitative estimate of drug-likeness (QED) is 0.766. The number of halogens is 1. The molecule has 1 saturated heterocycles. The Hall–Kier alpha value is -1.92. The minimum absolute atomic E-state index is 0.0206. The summed E-state index contributed by atoms with van der Waals surface area (Å²) in [5, 5.41) is 5.32. The number of rotatable bonds is 3. The maximum absolute atomic E-state index is 13.6. The Labute approximate surface area is 176 Å². The van der Waals surface area contributed by atoms with Gasteiger partial charge < -0.3 is 9.80 Å². The van der Waals surface area contributed by atoms with Crippen molar-refractivity contribution >= 4 is 17.5 Å². The molecule has 1 spiro atoms. The van der Waals surface area contributed by atoms with Crippen LogP contribution in [0.5, 0.6) is 0 Å². The number of nitrogens with zero attached hydrogens (tertiary/aromatic N) is 5. The van der Waals surface area contributed by atoms with Crippen molar-refractivity contribution < 1.29 is 4.79 Å². The molecule has 29 heavy (non-hydrogen) atoms. The summed E-state index contributed by atoms with van der Waals surface area (Å²) in [6, 6.07) is 7.64. The van der Waals surface area contributed by atoms with Crippen LogP contribution >= 0.6 is 11.6 Å². The van der Waals surface area contributed by atoms with Crippen LogP contribution in [0.25, 0.3) is 5.69 Å². The molecule has 0 unspecified atom stereocenters. The molecule has 0 atom stereocenters. The summed E-state index contributed by atoms with van der Waals surface area (Å²) in [5.41, 5.74) is 0.728. The van der Waals surface area contributed by atoms with Crippen molar-refractivity contribution in [2.24, 2.45) is 0 Å². The van der Waals surface area contributed by atoms with Gasteiger partial charge >= 0.3 is 0 Å². The van der Waals surface area contributed by atoms with Crippen LogP contribution in [0.2, 0.25) is 5.02 Å². The van der Waals surface area contributed by atoms with Crippen molar-refractivity contribution in [3.05, 3.63) is 40.9 Å². The first-order valence-corrected chi connectivity index (χ1v) is 11.2. The Morgan fingerprint density at radius 3 is 2.62 bits per heavy atom. The van der Waals surface area contributed by atoms with Gasteiger partial charge in [-0.1, -0.05) is 43.0 Å². The molecule has 1 amide bonds. The maximum Gasteiger partial charge on any atom is 0.294 e. The number of hydrogen-bond donors (Lipinski definition) is 0. The van der Waals surface area contributed by atoms with E-state index >= 15 is 0 Å². The largest absolute Gasteiger partial charge is 0.328 e. The fourth-order valence-electron chi connectivity index (χ4n) is 5.07. The van der Waals surface area contributed by atoms with Crippen molar-refractivity contribution in [2.45, 2.75) is 56.4 Å². The standard InChI is InChI=1S/C22H28ClN5O/c1-26-13-14-27(22(15-26)11-5-2-6-12-22)21(29)19-24-20(16-9-10-16)28(25-19)18-8-4-3-7-17(18)23/h3-4,7-8,16H,2,5-6,9-15H2,1H3. The molecular weight excluding hydrogens is 386 g/mol. The number of carbonyl (C=O) groups is 1. The third kappa shape index (κ3) is 3.46. The SMILES string of the molecule is CN1CCN(C(=O)c2nc(C3CC3)n(-c3ccccc3Cl)n2)C2(CCCCC2)C1. The summed E-state index contributed by atoms with van der Waals surface area (Å²) >= 11 is 6.44. The molecule has 2 saturated carbocycles. The van der Waals surface area contributed by atoms with Gasteiger partial charge in [-0.2, -0.15) is 0 Å². The minimum atomic E-state index is -0.0715. The van der Waals surface area contributed by atoms with Gasteiger partial charge in [-0.3, -0.25) is 4.79 Å². The van der Waals surface area contributed by atoms with E-state index < -0.39 is 0 Å². The topological polar surface area (TPSA) is 54.3 Å². The minimum Gasteiger partial charge on any atom is -0.328 e. The average Bonchev–Trinajstić information content (AvgIpc) is 3.47. The zero-order valence-electron chi connectivity index (χ0n) is 17.0. The predicted octanol–water partition coefficient (Wildman–Crippen LogP) is 3.89. The second-order valence-corrected chi connectivity index (χ2v) is 9.32. The van der Waals surface area contributed by atoms with Gasteiger partial charge in [-0.25, -0.2) is 9.67 Å². The normalized spacial score (nSPS) is 22.2. The molecule has 0 bridgehead atoms. The monoisotopic (exact) mass is 413 g/mol. The number of hydrogen-bond acceptors (Lipinski definition) is 4. The molecule has 0 radical (unpaired) electrons. The Balaban J connectivity index is 1.51. The van der Waals surface area contributed by atoms with Crippen LogP contribution in [-0.2, 0) is 0 Å². The van der Waals surface area contributed by atoms with E-state index in [0.717, 1.165) is 56.8 Å². The van der Waals surface area contributed by atoms with Gasteiger partial charge in [-0.15, -0.1) is 5.10 Å². The number of carbonyl (C=O) groups excluding carboxylic acids is 1. The lowest BCUT2D eigenvalue weighted by Gasteiger charge is -2.51. The summed E-state index contributed by atoms with van der Waals surface area (Å²) in [7, 11) is 2.16. The third-order valence-corrected chi connectivity index (χ3v) is 7.04. The lowest BCUT2D eigenvalue weighted by Crippen LogP contribution is -2.64. The van der Waals surface area contributed by atoms with Gasteiger partial charge in [0.2, 0.25) is 5.82 Å². The maximum atomic E-state index is 13.6. The van der Waals surface area contributed by atoms with Crippen LogP contribution in [0.3, 0.4) is 0 Å². The zero-order valence-corrected chi connectivity index (χ0v) is 17.7. The van der Waals surface area contributed by atoms with Crippen molar-refractivity contribution in [1.29, 1.82) is 0 Å². The van der Waals surface area contributed by atoms with Crippen LogP contribution in [-0.4, -0.2) is 62.7 Å². The molecule has 2 aliphatic carbocycles. The molecule has 5 rings (SSSR count). The van der Waals surface area contributed by atoms with Gasteiger partial charge in [-0.05, 0) is 44.9 Å². The van der Waals surface area contributed by atoms with Crippen LogP contribution in [0.4, 0.5) is 0 Å². The summed E-state index contributed by atoms with van der Waals surface area (Å²) < 4.78 is 1.80. The van der Waals surface area contributed by atoms with E-state index in [9.17, 15) is 4.79 Å². The van der Waals surface area contributed by atoms with Crippen molar-refractivity contribution in [3.63, 3.8) is 0 Å². The summed E-state index contributed by atoms with van der Waals surface area (Å²) in [5.74, 6) is 1.54. The number of aromatic nitrogens is 3. The van der Waals surface area contributed by atoms with Gasteiger partial charge in [0.25, 0.3) is 5.91 Å². The first-order chi connectivity index (χ1) is 14.1. The van der Waals surface area contributed by atoms with Crippen molar-refractivity contribution in [3.8, 4) is 5.69 Å². The average molecular weight is 414 g/mol. The van der Waals surface area contributed by atoms with Crippen molar-refractivity contribution in [1.82, 2.24) is 24.6 Å². The first-order valence-electron chi connectivity index (χ1n) is 10.8. The summed E-state index contributed by atoms with van der Waals surface area (Å²) in [6.45, 7) is 2.59. The van der Waals surface area contributed by atoms with E-state index in [4.69, 9.17) is 21.7 Å². The predicted molar refractivity (Wildman–Crippen MR) is 113 cm³/mol. The lowest BCUT2D eigenvalue weighted by molar-refractivity contribution is -0.00858. The Morgan fingerprint density at radius 1 is 1.14 bits per heavy atom. The molecule has 1 aliphatic heterocycles. The lowest BCUT2D eigenvalue weighted by atomic mass is 9.78. The van der Waals surface area contributed by atoms with E-state index in [2.05, 4.69) is 16.8 Å². The van der Waals surface area contributed by atoms with Crippen LogP contribution in [0.1, 0.15) is 67.3 Å². The molecule has 6 nitrogen and oxygen atoms in total. The van der Waals surface area contributed by atoms with E-state index in [0.29, 0.717) is 16.8 Å². The number of piperazine rings is 1. The highest BCUT2D eigenvalue weighted by atomic mass is 35.5. The summed E-state index contributed by atoms with van der Waals surface area (Å²) in [4.78, 5) is 22.8. The van der Waals surface area contributed by atoms with Gasteiger partial charge in [0.15, 0.2) is 0 Å². The van der Waals surface area contributed by atoms with Gasteiger partial charge in [0.05, 0.1) is 16.2 Å². The highest BCUT2D eigenvalue weighted by Crippen LogP contribution is 2.41. The third-order valence-electron chi connectivity index (χ3n) is 6.72. The van der Waals surface area contributed by atoms with Crippen LogP contribution in [0, 0.1) is 0 Å². The van der Waals surface area contributed by atoms with E-state index in [1.165, 1.54) is 19.3 Å². The first kappa shape index (κ1) is 19.1. The molecule has 3 fully saturated rings. The Morgan fingerprint density at radius 2 is 1.90 bits per heavy atom. The number of amides is 1. The second-order valence-electron chi connectivity index (χ2n) is 8.91. The number of benzene rings is 1. The van der Waals surface area contributed by atoms with Gasteiger partial charge in [0.1, 0.15) is 5.82 Å². The smallest absolute Gasteiger partial charge is 0.294 e. The highest BCUT2D eigenvalue weighted by Gasteiger charge is 2.45. The molecule has 1 aromatic heterocycles. The van der Waals surface area contributed by atoms with E-state index in [1.54, 1.807) is 4.68 Å². The summed E-state index contributed by atoms with van der Waals surface area (Å²) in [6.07, 6.45) is 7.97. The zero-order chi connectivity index (χ0) is 20.0. The van der Waals surface area contributed by atoms with Gasteiger partial charge in [0, 0.05) is 25.6 Å². The van der Waals surface area contributed by atoms with Crippen LogP contribution < -0.4 is 0 Å². The molecule has 7 heteroatoms. The Bertz CT molecular complexity index is 916. The molecule has 2 aromatic rings. The molecule has 154 valence electrons. The molecule has 3 aliphatic rings. The fourth-order valence-corrected chi connectivity index (χ4v) is 5.29. The molecular formula is C22H28ClN5O. The fraction of sp³-hybridized carbons (Fsp3) is 0.591. The number of likely N-dealkylation sites (N-methyl/N-ethyl adjacent to an activating group) is 1. The molecule has 0 N–H and O–H groups in total. The Kier molecular flexibility index (Phi) is 4.87. The molecule has 2 heterocycles. The van der Waals surface area contributed by atoms with Crippen molar-refractivity contribution in [2.75, 3.05) is 26.7 Å². The number of para-hydroxylation sites is 1. The van der Waals surface area contributed by atoms with E-state index in [-0.39, 0.29) is 11.4 Å². The van der Waals surface area contributed by atoms with Crippen LogP contribution in [0.15, 0.2) is 24.3 Å².